The van der Waals surface area contributed by atoms with E-state index < -0.39 is 0 Å². The molecule has 0 spiro atoms. The third-order valence-electron chi connectivity index (χ3n) is 3.74. The highest BCUT2D eigenvalue weighted by Crippen LogP contribution is 2.23. The van der Waals surface area contributed by atoms with Gasteiger partial charge in [-0.2, -0.15) is 0 Å². The van der Waals surface area contributed by atoms with Crippen LogP contribution >= 0.6 is 0 Å². The lowest BCUT2D eigenvalue weighted by Crippen LogP contribution is -2.55. The molecule has 1 amide bonds. The minimum Gasteiger partial charge on any atom is -0.394 e. The van der Waals surface area contributed by atoms with Gasteiger partial charge in [-0.1, -0.05) is 0 Å². The summed E-state index contributed by atoms with van der Waals surface area (Å²) in [5.74, 6) is 0.144. The van der Waals surface area contributed by atoms with Gasteiger partial charge in [-0.05, 0) is 33.1 Å². The molecule has 0 saturated carbocycles. The molecule has 2 heterocycles. The quantitative estimate of drug-likeness (QED) is 0.827. The lowest BCUT2D eigenvalue weighted by molar-refractivity contribution is -0.167. The van der Waals surface area contributed by atoms with Crippen molar-refractivity contribution < 1.29 is 19.4 Å². The van der Waals surface area contributed by atoms with E-state index in [1.807, 2.05) is 18.7 Å². The molecule has 2 rings (SSSR count). The van der Waals surface area contributed by atoms with Crippen molar-refractivity contribution in [3.05, 3.63) is 0 Å². The Morgan fingerprint density at radius 2 is 2.21 bits per heavy atom. The zero-order valence-electron chi connectivity index (χ0n) is 11.9. The molecule has 2 unspecified atom stereocenters. The standard InChI is InChI=1S/C14H25NO4/c1-14(2)10-15(8-12(9-16)19-14)13(17)6-5-11-4-3-7-18-11/h11-12,16H,3-10H2,1-2H3. The molecule has 5 heteroatoms. The van der Waals surface area contributed by atoms with Crippen LogP contribution < -0.4 is 0 Å². The molecule has 0 radical (unpaired) electrons. The number of carbonyl (C=O) groups excluding carboxylic acids is 1. The lowest BCUT2D eigenvalue weighted by atomic mass is 10.0. The Morgan fingerprint density at radius 1 is 1.42 bits per heavy atom. The van der Waals surface area contributed by atoms with E-state index in [9.17, 15) is 9.90 Å². The van der Waals surface area contributed by atoms with E-state index in [1.54, 1.807) is 0 Å². The van der Waals surface area contributed by atoms with Gasteiger partial charge in [-0.3, -0.25) is 4.79 Å². The van der Waals surface area contributed by atoms with Crippen LogP contribution in [-0.4, -0.2) is 60.0 Å². The summed E-state index contributed by atoms with van der Waals surface area (Å²) in [5, 5.41) is 9.24. The molecule has 0 bridgehead atoms. The van der Waals surface area contributed by atoms with Gasteiger partial charge in [0.2, 0.25) is 5.91 Å². The number of morpholine rings is 1. The smallest absolute Gasteiger partial charge is 0.222 e. The predicted molar refractivity (Wildman–Crippen MR) is 70.8 cm³/mol. The first-order chi connectivity index (χ1) is 9.00. The summed E-state index contributed by atoms with van der Waals surface area (Å²) < 4.78 is 11.3. The van der Waals surface area contributed by atoms with Crippen LogP contribution in [0.1, 0.15) is 39.5 Å². The van der Waals surface area contributed by atoms with E-state index in [1.165, 1.54) is 0 Å². The van der Waals surface area contributed by atoms with Crippen molar-refractivity contribution in [1.82, 2.24) is 4.90 Å². The number of rotatable bonds is 4. The fraction of sp³-hybridized carbons (Fsp3) is 0.929. The van der Waals surface area contributed by atoms with Gasteiger partial charge in [-0.15, -0.1) is 0 Å². The third-order valence-corrected chi connectivity index (χ3v) is 3.74. The van der Waals surface area contributed by atoms with Crippen molar-refractivity contribution in [2.45, 2.75) is 57.3 Å². The Hall–Kier alpha value is -0.650. The number of carbonyl (C=O) groups is 1. The van der Waals surface area contributed by atoms with Crippen molar-refractivity contribution in [3.8, 4) is 0 Å². The van der Waals surface area contributed by atoms with Crippen LogP contribution in [0.3, 0.4) is 0 Å². The molecule has 0 aromatic rings. The van der Waals surface area contributed by atoms with Gasteiger partial charge in [0, 0.05) is 26.1 Å². The van der Waals surface area contributed by atoms with Crippen LogP contribution in [-0.2, 0) is 14.3 Å². The molecule has 2 atom stereocenters. The Kier molecular flexibility index (Phi) is 4.81. The van der Waals surface area contributed by atoms with Gasteiger partial charge in [0.1, 0.15) is 0 Å². The molecule has 2 saturated heterocycles. The first-order valence-corrected chi connectivity index (χ1v) is 7.18. The topological polar surface area (TPSA) is 59.0 Å². The molecular weight excluding hydrogens is 246 g/mol. The number of hydrogen-bond donors (Lipinski definition) is 1. The molecule has 2 fully saturated rings. The summed E-state index contributed by atoms with van der Waals surface area (Å²) >= 11 is 0. The molecule has 2 aliphatic heterocycles. The third kappa shape index (κ3) is 4.16. The number of amides is 1. The van der Waals surface area contributed by atoms with Crippen LogP contribution in [0.25, 0.3) is 0 Å². The first kappa shape index (κ1) is 14.8. The summed E-state index contributed by atoms with van der Waals surface area (Å²) in [4.78, 5) is 14.1. The van der Waals surface area contributed by atoms with Crippen LogP contribution in [0.5, 0.6) is 0 Å². The molecule has 5 nitrogen and oxygen atoms in total. The summed E-state index contributed by atoms with van der Waals surface area (Å²) in [6.07, 6.45) is 3.50. The lowest BCUT2D eigenvalue weighted by Gasteiger charge is -2.42. The zero-order chi connectivity index (χ0) is 13.9. The SMILES string of the molecule is CC1(C)CN(C(=O)CCC2CCCO2)CC(CO)O1. The number of aliphatic hydroxyl groups excluding tert-OH is 1. The highest BCUT2D eigenvalue weighted by atomic mass is 16.5. The Labute approximate surface area is 114 Å². The van der Waals surface area contributed by atoms with Gasteiger partial charge in [-0.25, -0.2) is 0 Å². The molecule has 19 heavy (non-hydrogen) atoms. The van der Waals surface area contributed by atoms with Crippen LogP contribution in [0, 0.1) is 0 Å². The van der Waals surface area contributed by atoms with Crippen molar-refractivity contribution in [1.29, 1.82) is 0 Å². The molecular formula is C14H25NO4. The van der Waals surface area contributed by atoms with Gasteiger partial charge < -0.3 is 19.5 Å². The van der Waals surface area contributed by atoms with Crippen molar-refractivity contribution >= 4 is 5.91 Å². The second-order valence-corrected chi connectivity index (χ2v) is 6.13. The summed E-state index contributed by atoms with van der Waals surface area (Å²) in [7, 11) is 0. The number of aliphatic hydroxyl groups is 1. The zero-order valence-corrected chi connectivity index (χ0v) is 11.9. The van der Waals surface area contributed by atoms with Gasteiger partial charge in [0.25, 0.3) is 0 Å². The fourth-order valence-electron chi connectivity index (χ4n) is 2.90. The van der Waals surface area contributed by atoms with E-state index in [0.29, 0.717) is 19.5 Å². The molecule has 2 aliphatic rings. The Balaban J connectivity index is 1.83. The number of nitrogens with zero attached hydrogens (tertiary/aromatic N) is 1. The first-order valence-electron chi connectivity index (χ1n) is 7.18. The highest BCUT2D eigenvalue weighted by molar-refractivity contribution is 5.76. The molecule has 0 aliphatic carbocycles. The second-order valence-electron chi connectivity index (χ2n) is 6.13. The minimum absolute atomic E-state index is 0.0427. The number of hydrogen-bond acceptors (Lipinski definition) is 4. The van der Waals surface area contributed by atoms with Gasteiger partial charge in [0.15, 0.2) is 0 Å². The van der Waals surface area contributed by atoms with E-state index >= 15 is 0 Å². The Morgan fingerprint density at radius 3 is 2.84 bits per heavy atom. The summed E-state index contributed by atoms with van der Waals surface area (Å²) in [5.41, 5.74) is -0.384. The fourth-order valence-corrected chi connectivity index (χ4v) is 2.90. The molecule has 110 valence electrons. The largest absolute Gasteiger partial charge is 0.394 e. The maximum Gasteiger partial charge on any atom is 0.222 e. The maximum absolute atomic E-state index is 12.2. The van der Waals surface area contributed by atoms with E-state index in [0.717, 1.165) is 25.9 Å². The maximum atomic E-state index is 12.2. The van der Waals surface area contributed by atoms with E-state index in [-0.39, 0.29) is 30.3 Å². The monoisotopic (exact) mass is 271 g/mol. The predicted octanol–water partition coefficient (Wildman–Crippen LogP) is 0.944. The summed E-state index contributed by atoms with van der Waals surface area (Å²) in [6.45, 7) is 5.78. The highest BCUT2D eigenvalue weighted by Gasteiger charge is 2.35. The van der Waals surface area contributed by atoms with E-state index in [4.69, 9.17) is 9.47 Å². The minimum atomic E-state index is -0.384. The normalized spacial score (nSPS) is 30.6. The van der Waals surface area contributed by atoms with E-state index in [2.05, 4.69) is 0 Å². The summed E-state index contributed by atoms with van der Waals surface area (Å²) in [6, 6.07) is 0. The average molecular weight is 271 g/mol. The Bertz CT molecular complexity index is 313. The van der Waals surface area contributed by atoms with Crippen molar-refractivity contribution in [2.75, 3.05) is 26.3 Å². The number of ether oxygens (including phenoxy) is 2. The van der Waals surface area contributed by atoms with Crippen molar-refractivity contribution in [3.63, 3.8) is 0 Å². The van der Waals surface area contributed by atoms with Crippen LogP contribution in [0.15, 0.2) is 0 Å². The van der Waals surface area contributed by atoms with Gasteiger partial charge >= 0.3 is 0 Å². The van der Waals surface area contributed by atoms with Crippen LogP contribution in [0.2, 0.25) is 0 Å². The van der Waals surface area contributed by atoms with Gasteiger partial charge in [0.05, 0.1) is 24.4 Å². The second kappa shape index (κ2) is 6.20. The van der Waals surface area contributed by atoms with Crippen molar-refractivity contribution in [2.24, 2.45) is 0 Å². The van der Waals surface area contributed by atoms with Crippen LogP contribution in [0.4, 0.5) is 0 Å². The average Bonchev–Trinajstić information content (AvgIpc) is 2.87. The molecule has 0 aromatic carbocycles. The molecule has 0 aromatic heterocycles. The molecule has 1 N–H and O–H groups in total.